The van der Waals surface area contributed by atoms with Crippen LogP contribution in [0.1, 0.15) is 5.56 Å². The molecule has 1 aromatic heterocycles. The van der Waals surface area contributed by atoms with Crippen LogP contribution in [-0.2, 0) is 7.05 Å². The molecular weight excluding hydrogens is 300 g/mol. The van der Waals surface area contributed by atoms with Gasteiger partial charge in [-0.15, -0.1) is 0 Å². The van der Waals surface area contributed by atoms with Crippen molar-refractivity contribution in [3.05, 3.63) is 40.6 Å². The van der Waals surface area contributed by atoms with E-state index in [1.54, 1.807) is 18.0 Å². The molecule has 0 amide bonds. The Balaban J connectivity index is 2.27. The number of nitrogen functional groups attached to an aromatic ring is 1. The van der Waals surface area contributed by atoms with Gasteiger partial charge in [-0.1, -0.05) is 11.8 Å². The van der Waals surface area contributed by atoms with Crippen molar-refractivity contribution in [2.45, 2.75) is 10.1 Å². The fraction of sp³-hybridized carbons (Fsp3) is 0.0909. The highest BCUT2D eigenvalue weighted by Gasteiger charge is 2.07. The van der Waals surface area contributed by atoms with Crippen LogP contribution in [0.25, 0.3) is 0 Å². The summed E-state index contributed by atoms with van der Waals surface area (Å²) >= 11 is 4.97. The quantitative estimate of drug-likeness (QED) is 0.676. The number of aryl methyl sites for hydroxylation is 1. The highest BCUT2D eigenvalue weighted by Crippen LogP contribution is 2.29. The van der Waals surface area contributed by atoms with Gasteiger partial charge in [0, 0.05) is 34.4 Å². The number of benzene rings is 1. The summed E-state index contributed by atoms with van der Waals surface area (Å²) in [7, 11) is 1.95. The second-order valence-electron chi connectivity index (χ2n) is 3.48. The minimum absolute atomic E-state index is 0.0606. The maximum Gasteiger partial charge on any atom is 0.172 e. The van der Waals surface area contributed by atoms with Gasteiger partial charge in [-0.2, -0.15) is 0 Å². The van der Waals surface area contributed by atoms with E-state index in [2.05, 4.69) is 20.9 Å². The molecule has 3 N–H and O–H groups in total. The number of halogens is 1. The molecule has 0 aliphatic heterocycles. The molecule has 6 heteroatoms. The predicted octanol–water partition coefficient (Wildman–Crippen LogP) is 2.62. The molecule has 0 unspecified atom stereocenters. The first-order valence-corrected chi connectivity index (χ1v) is 6.48. The number of rotatable bonds is 3. The average Bonchev–Trinajstić information content (AvgIpc) is 2.64. The normalized spacial score (nSPS) is 10.5. The van der Waals surface area contributed by atoms with Gasteiger partial charge in [0.05, 0.1) is 0 Å². The van der Waals surface area contributed by atoms with Crippen LogP contribution in [0.5, 0.6) is 0 Å². The summed E-state index contributed by atoms with van der Waals surface area (Å²) in [5, 5.41) is 8.33. The number of nitrogens with zero attached hydrogens (tertiary/aromatic N) is 2. The molecule has 0 aliphatic carbocycles. The Kier molecular flexibility index (Phi) is 3.54. The monoisotopic (exact) mass is 310 g/mol. The van der Waals surface area contributed by atoms with Crippen molar-refractivity contribution in [1.82, 2.24) is 9.55 Å². The molecule has 1 heterocycles. The Bertz CT molecular complexity index is 564. The van der Waals surface area contributed by atoms with Crippen LogP contribution in [0.15, 0.2) is 45.1 Å². The number of hydrogen-bond donors (Lipinski definition) is 2. The number of nitrogens with one attached hydrogen (secondary N) is 1. The zero-order valence-corrected chi connectivity index (χ0v) is 11.5. The lowest BCUT2D eigenvalue weighted by atomic mass is 10.2. The number of hydrogen-bond acceptors (Lipinski definition) is 3. The van der Waals surface area contributed by atoms with Crippen LogP contribution in [0, 0.1) is 5.41 Å². The van der Waals surface area contributed by atoms with Crippen LogP contribution in [0.4, 0.5) is 0 Å². The summed E-state index contributed by atoms with van der Waals surface area (Å²) in [6.45, 7) is 0. The molecule has 0 aliphatic rings. The zero-order valence-electron chi connectivity index (χ0n) is 9.14. The summed E-state index contributed by atoms with van der Waals surface area (Å²) in [6, 6.07) is 5.70. The Labute approximate surface area is 112 Å². The summed E-state index contributed by atoms with van der Waals surface area (Å²) in [4.78, 5) is 5.29. The fourth-order valence-corrected chi connectivity index (χ4v) is 2.92. The lowest BCUT2D eigenvalue weighted by molar-refractivity contribution is 0.790. The molecule has 0 saturated heterocycles. The fourth-order valence-electron chi connectivity index (χ4n) is 1.33. The van der Waals surface area contributed by atoms with Crippen LogP contribution < -0.4 is 5.73 Å². The predicted molar refractivity (Wildman–Crippen MR) is 72.5 cm³/mol. The second kappa shape index (κ2) is 4.93. The molecule has 4 nitrogen and oxygen atoms in total. The smallest absolute Gasteiger partial charge is 0.172 e. The largest absolute Gasteiger partial charge is 0.384 e. The molecule has 0 spiro atoms. The van der Waals surface area contributed by atoms with Crippen molar-refractivity contribution in [2.24, 2.45) is 12.8 Å². The number of imidazole rings is 1. The van der Waals surface area contributed by atoms with E-state index in [0.29, 0.717) is 5.56 Å². The van der Waals surface area contributed by atoms with Gasteiger partial charge in [0.2, 0.25) is 0 Å². The van der Waals surface area contributed by atoms with E-state index in [9.17, 15) is 0 Å². The molecule has 0 radical (unpaired) electrons. The maximum atomic E-state index is 7.40. The number of amidine groups is 1. The van der Waals surface area contributed by atoms with Crippen LogP contribution in [0.3, 0.4) is 0 Å². The first-order chi connectivity index (χ1) is 8.08. The zero-order chi connectivity index (χ0) is 12.4. The lowest BCUT2D eigenvalue weighted by Crippen LogP contribution is -2.11. The van der Waals surface area contributed by atoms with E-state index in [1.807, 2.05) is 36.0 Å². The molecule has 2 rings (SSSR count). The molecule has 1 aromatic carbocycles. The third-order valence-corrected chi connectivity index (χ3v) is 3.94. The molecule has 2 aromatic rings. The van der Waals surface area contributed by atoms with Crippen LogP contribution in [0.2, 0.25) is 0 Å². The third-order valence-electron chi connectivity index (χ3n) is 2.22. The summed E-state index contributed by atoms with van der Waals surface area (Å²) < 4.78 is 2.78. The molecule has 0 bridgehead atoms. The van der Waals surface area contributed by atoms with Gasteiger partial charge in [0.1, 0.15) is 5.84 Å². The van der Waals surface area contributed by atoms with Crippen LogP contribution >= 0.6 is 27.7 Å². The van der Waals surface area contributed by atoms with Gasteiger partial charge in [-0.3, -0.25) is 5.41 Å². The second-order valence-corrected chi connectivity index (χ2v) is 5.37. The standard InChI is InChI=1S/C11H11BrN4S/c1-16-5-4-15-11(16)17-7-2-3-8(10(13)14)9(12)6-7/h2-6H,1H3,(H3,13,14). The van der Waals surface area contributed by atoms with Crippen molar-refractivity contribution in [3.63, 3.8) is 0 Å². The average molecular weight is 311 g/mol. The molecule has 88 valence electrons. The van der Waals surface area contributed by atoms with Crippen molar-refractivity contribution < 1.29 is 0 Å². The molecule has 0 atom stereocenters. The third kappa shape index (κ3) is 2.70. The summed E-state index contributed by atoms with van der Waals surface area (Å²) in [5.41, 5.74) is 6.16. The Morgan fingerprint density at radius 1 is 1.53 bits per heavy atom. The Morgan fingerprint density at radius 3 is 2.82 bits per heavy atom. The molecular formula is C11H11BrN4S. The SMILES string of the molecule is Cn1ccnc1Sc1ccc(C(=N)N)c(Br)c1. The van der Waals surface area contributed by atoms with E-state index in [0.717, 1.165) is 14.5 Å². The van der Waals surface area contributed by atoms with Gasteiger partial charge in [0.25, 0.3) is 0 Å². The molecule has 17 heavy (non-hydrogen) atoms. The van der Waals surface area contributed by atoms with E-state index in [-0.39, 0.29) is 5.84 Å². The highest BCUT2D eigenvalue weighted by molar-refractivity contribution is 9.10. The van der Waals surface area contributed by atoms with Crippen molar-refractivity contribution in [2.75, 3.05) is 0 Å². The Hall–Kier alpha value is -1.27. The van der Waals surface area contributed by atoms with E-state index < -0.39 is 0 Å². The van der Waals surface area contributed by atoms with Gasteiger partial charge < -0.3 is 10.3 Å². The first-order valence-electron chi connectivity index (χ1n) is 4.87. The van der Waals surface area contributed by atoms with Crippen molar-refractivity contribution >= 4 is 33.5 Å². The summed E-state index contributed by atoms with van der Waals surface area (Å²) in [6.07, 6.45) is 3.67. The van der Waals surface area contributed by atoms with Crippen molar-refractivity contribution in [3.8, 4) is 0 Å². The first kappa shape index (κ1) is 12.2. The molecule has 0 fully saturated rings. The number of nitrogens with two attached hydrogens (primary N) is 1. The van der Waals surface area contributed by atoms with Crippen LogP contribution in [-0.4, -0.2) is 15.4 Å². The van der Waals surface area contributed by atoms with Crippen molar-refractivity contribution in [1.29, 1.82) is 5.41 Å². The van der Waals surface area contributed by atoms with Gasteiger partial charge in [-0.05, 0) is 34.1 Å². The van der Waals surface area contributed by atoms with E-state index in [4.69, 9.17) is 11.1 Å². The lowest BCUT2D eigenvalue weighted by Gasteiger charge is -2.05. The Morgan fingerprint density at radius 2 is 2.29 bits per heavy atom. The van der Waals surface area contributed by atoms with E-state index in [1.165, 1.54) is 0 Å². The number of aromatic nitrogens is 2. The molecule has 0 saturated carbocycles. The highest BCUT2D eigenvalue weighted by atomic mass is 79.9. The topological polar surface area (TPSA) is 67.7 Å². The minimum Gasteiger partial charge on any atom is -0.384 e. The maximum absolute atomic E-state index is 7.40. The van der Waals surface area contributed by atoms with Gasteiger partial charge in [0.15, 0.2) is 5.16 Å². The van der Waals surface area contributed by atoms with Gasteiger partial charge >= 0.3 is 0 Å². The summed E-state index contributed by atoms with van der Waals surface area (Å²) in [5.74, 6) is 0.0606. The van der Waals surface area contributed by atoms with Gasteiger partial charge in [-0.25, -0.2) is 4.98 Å². The van der Waals surface area contributed by atoms with E-state index >= 15 is 0 Å². The minimum atomic E-state index is 0.0606.